The van der Waals surface area contributed by atoms with E-state index in [0.29, 0.717) is 0 Å². The van der Waals surface area contributed by atoms with E-state index in [1.165, 1.54) is 0 Å². The van der Waals surface area contributed by atoms with E-state index in [1.807, 2.05) is 7.05 Å². The molecule has 1 aliphatic heterocycles. The molecule has 84 valence electrons. The standard InChI is InChI=1S/C9H13N7/c1-15-8-7(13-14-15)6-11-9(12-8)16-4-2-10-3-5-16/h6,10H,2-5H2,1H3. The molecule has 0 aromatic carbocycles. The summed E-state index contributed by atoms with van der Waals surface area (Å²) in [5.74, 6) is 0.763. The van der Waals surface area contributed by atoms with Crippen LogP contribution in [0.25, 0.3) is 11.2 Å². The van der Waals surface area contributed by atoms with E-state index in [2.05, 4.69) is 30.5 Å². The number of anilines is 1. The van der Waals surface area contributed by atoms with Crippen molar-refractivity contribution in [3.63, 3.8) is 0 Å². The van der Waals surface area contributed by atoms with Crippen molar-refractivity contribution in [1.82, 2.24) is 30.3 Å². The van der Waals surface area contributed by atoms with E-state index in [0.717, 1.165) is 43.3 Å². The molecule has 0 spiro atoms. The summed E-state index contributed by atoms with van der Waals surface area (Å²) in [5.41, 5.74) is 1.52. The van der Waals surface area contributed by atoms with Crippen molar-refractivity contribution in [2.45, 2.75) is 0 Å². The van der Waals surface area contributed by atoms with Gasteiger partial charge in [-0.05, 0) is 0 Å². The second-order valence-corrected chi connectivity index (χ2v) is 3.83. The van der Waals surface area contributed by atoms with Gasteiger partial charge >= 0.3 is 0 Å². The van der Waals surface area contributed by atoms with Gasteiger partial charge in [-0.3, -0.25) is 0 Å². The molecule has 0 bridgehead atoms. The van der Waals surface area contributed by atoms with Crippen LogP contribution in [0.5, 0.6) is 0 Å². The molecule has 1 aliphatic rings. The van der Waals surface area contributed by atoms with Gasteiger partial charge in [0.15, 0.2) is 11.2 Å². The van der Waals surface area contributed by atoms with Crippen molar-refractivity contribution in [3.8, 4) is 0 Å². The molecular formula is C9H13N7. The van der Waals surface area contributed by atoms with E-state index >= 15 is 0 Å². The van der Waals surface area contributed by atoms with Gasteiger partial charge in [0.25, 0.3) is 0 Å². The summed E-state index contributed by atoms with van der Waals surface area (Å²) in [6, 6.07) is 0. The number of fused-ring (bicyclic) bond motifs is 1. The van der Waals surface area contributed by atoms with Crippen LogP contribution in [-0.2, 0) is 7.05 Å². The predicted octanol–water partition coefficient (Wildman–Crippen LogP) is -0.832. The molecule has 0 aliphatic carbocycles. The fourth-order valence-corrected chi connectivity index (χ4v) is 1.84. The number of aryl methyl sites for hydroxylation is 1. The molecule has 3 heterocycles. The number of nitrogens with zero attached hydrogens (tertiary/aromatic N) is 6. The summed E-state index contributed by atoms with van der Waals surface area (Å²) in [4.78, 5) is 11.0. The van der Waals surface area contributed by atoms with Crippen LogP contribution in [0.4, 0.5) is 5.95 Å². The van der Waals surface area contributed by atoms with Crippen LogP contribution < -0.4 is 10.2 Å². The van der Waals surface area contributed by atoms with Gasteiger partial charge < -0.3 is 10.2 Å². The summed E-state index contributed by atoms with van der Waals surface area (Å²) < 4.78 is 1.67. The Morgan fingerprint density at radius 3 is 2.94 bits per heavy atom. The Balaban J connectivity index is 1.99. The molecule has 7 heteroatoms. The number of hydrogen-bond donors (Lipinski definition) is 1. The first-order valence-electron chi connectivity index (χ1n) is 5.33. The van der Waals surface area contributed by atoms with Crippen LogP contribution in [-0.4, -0.2) is 51.1 Å². The fourth-order valence-electron chi connectivity index (χ4n) is 1.84. The first kappa shape index (κ1) is 9.46. The maximum Gasteiger partial charge on any atom is 0.227 e. The minimum atomic E-state index is 0.737. The Morgan fingerprint density at radius 1 is 1.31 bits per heavy atom. The van der Waals surface area contributed by atoms with E-state index < -0.39 is 0 Å². The minimum Gasteiger partial charge on any atom is -0.338 e. The number of rotatable bonds is 1. The maximum absolute atomic E-state index is 4.48. The molecule has 0 radical (unpaired) electrons. The van der Waals surface area contributed by atoms with Crippen LogP contribution in [0.3, 0.4) is 0 Å². The normalized spacial score (nSPS) is 16.9. The van der Waals surface area contributed by atoms with E-state index in [4.69, 9.17) is 0 Å². The van der Waals surface area contributed by atoms with Crippen molar-refractivity contribution >= 4 is 17.1 Å². The SMILES string of the molecule is Cn1nnc2cnc(N3CCNCC3)nc21. The third kappa shape index (κ3) is 1.49. The van der Waals surface area contributed by atoms with Crippen LogP contribution in [0.15, 0.2) is 6.20 Å². The topological polar surface area (TPSA) is 71.8 Å². The largest absolute Gasteiger partial charge is 0.338 e. The highest BCUT2D eigenvalue weighted by molar-refractivity contribution is 5.69. The van der Waals surface area contributed by atoms with Gasteiger partial charge in [-0.25, -0.2) is 9.67 Å². The Morgan fingerprint density at radius 2 is 2.12 bits per heavy atom. The van der Waals surface area contributed by atoms with Crippen molar-refractivity contribution in [3.05, 3.63) is 6.20 Å². The first-order valence-corrected chi connectivity index (χ1v) is 5.33. The highest BCUT2D eigenvalue weighted by Crippen LogP contribution is 2.12. The second-order valence-electron chi connectivity index (χ2n) is 3.83. The summed E-state index contributed by atoms with van der Waals surface area (Å²) in [5, 5.41) is 11.2. The van der Waals surface area contributed by atoms with Gasteiger partial charge in [-0.1, -0.05) is 5.21 Å². The van der Waals surface area contributed by atoms with Gasteiger partial charge in [-0.2, -0.15) is 4.98 Å². The Kier molecular flexibility index (Phi) is 2.17. The Bertz CT molecular complexity index is 500. The second kappa shape index (κ2) is 3.67. The molecule has 0 atom stereocenters. The minimum absolute atomic E-state index is 0.737. The lowest BCUT2D eigenvalue weighted by Crippen LogP contribution is -2.44. The molecule has 1 fully saturated rings. The van der Waals surface area contributed by atoms with E-state index in [-0.39, 0.29) is 0 Å². The molecule has 1 saturated heterocycles. The third-order valence-electron chi connectivity index (χ3n) is 2.73. The zero-order chi connectivity index (χ0) is 11.0. The molecule has 2 aromatic rings. The smallest absolute Gasteiger partial charge is 0.227 e. The van der Waals surface area contributed by atoms with Crippen molar-refractivity contribution in [2.24, 2.45) is 7.05 Å². The number of aromatic nitrogens is 5. The lowest BCUT2D eigenvalue weighted by molar-refractivity contribution is 0.580. The zero-order valence-electron chi connectivity index (χ0n) is 9.09. The van der Waals surface area contributed by atoms with Crippen LogP contribution in [0, 0.1) is 0 Å². The van der Waals surface area contributed by atoms with Gasteiger partial charge in [-0.15, -0.1) is 5.10 Å². The van der Waals surface area contributed by atoms with Gasteiger partial charge in [0.1, 0.15) is 0 Å². The molecule has 2 aromatic heterocycles. The van der Waals surface area contributed by atoms with Crippen LogP contribution in [0.1, 0.15) is 0 Å². The summed E-state index contributed by atoms with van der Waals surface area (Å²) in [6.45, 7) is 3.84. The van der Waals surface area contributed by atoms with E-state index in [9.17, 15) is 0 Å². The summed E-state index contributed by atoms with van der Waals surface area (Å²) in [6.07, 6.45) is 1.73. The highest BCUT2D eigenvalue weighted by Gasteiger charge is 2.14. The van der Waals surface area contributed by atoms with Crippen LogP contribution in [0.2, 0.25) is 0 Å². The maximum atomic E-state index is 4.48. The zero-order valence-corrected chi connectivity index (χ0v) is 9.09. The third-order valence-corrected chi connectivity index (χ3v) is 2.73. The lowest BCUT2D eigenvalue weighted by atomic mass is 10.4. The first-order chi connectivity index (χ1) is 7.84. The van der Waals surface area contributed by atoms with Gasteiger partial charge in [0, 0.05) is 33.2 Å². The van der Waals surface area contributed by atoms with Gasteiger partial charge in [0.2, 0.25) is 5.95 Å². The van der Waals surface area contributed by atoms with Crippen LogP contribution >= 0.6 is 0 Å². The van der Waals surface area contributed by atoms with Crippen molar-refractivity contribution in [1.29, 1.82) is 0 Å². The lowest BCUT2D eigenvalue weighted by Gasteiger charge is -2.27. The number of nitrogens with one attached hydrogen (secondary N) is 1. The molecule has 16 heavy (non-hydrogen) atoms. The quantitative estimate of drug-likeness (QED) is 0.675. The van der Waals surface area contributed by atoms with Crippen molar-refractivity contribution in [2.75, 3.05) is 31.1 Å². The molecule has 3 rings (SSSR count). The highest BCUT2D eigenvalue weighted by atomic mass is 15.4. The fraction of sp³-hybridized carbons (Fsp3) is 0.556. The average molecular weight is 219 g/mol. The Labute approximate surface area is 92.5 Å². The van der Waals surface area contributed by atoms with Gasteiger partial charge in [0.05, 0.1) is 6.20 Å². The molecule has 1 N–H and O–H groups in total. The molecule has 0 saturated carbocycles. The summed E-state index contributed by atoms with van der Waals surface area (Å²) in [7, 11) is 1.84. The average Bonchev–Trinajstić information content (AvgIpc) is 2.72. The number of piperazine rings is 1. The monoisotopic (exact) mass is 219 g/mol. The Hall–Kier alpha value is -1.76. The molecule has 0 amide bonds. The van der Waals surface area contributed by atoms with E-state index in [1.54, 1.807) is 10.9 Å². The molecule has 7 nitrogen and oxygen atoms in total. The number of hydrogen-bond acceptors (Lipinski definition) is 6. The molecule has 0 unspecified atom stereocenters. The van der Waals surface area contributed by atoms with Crippen molar-refractivity contribution < 1.29 is 0 Å². The molecular weight excluding hydrogens is 206 g/mol. The predicted molar refractivity (Wildman–Crippen MR) is 59.2 cm³/mol. The summed E-state index contributed by atoms with van der Waals surface area (Å²) >= 11 is 0.